The molecular formula is C34H42F3N3O7. The number of rotatable bonds is 21. The molecule has 3 amide bonds. The highest BCUT2D eigenvalue weighted by atomic mass is 19.4. The zero-order valence-corrected chi connectivity index (χ0v) is 26.4. The van der Waals surface area contributed by atoms with E-state index in [0.29, 0.717) is 45.9 Å². The lowest BCUT2D eigenvalue weighted by Crippen LogP contribution is -2.38. The Labute approximate surface area is 273 Å². The van der Waals surface area contributed by atoms with Crippen LogP contribution in [0.5, 0.6) is 0 Å². The number of hydrogen-bond donors (Lipinski definition) is 2. The molecule has 2 aromatic rings. The Morgan fingerprint density at radius 1 is 0.681 bits per heavy atom. The molecule has 1 aliphatic heterocycles. The van der Waals surface area contributed by atoms with E-state index >= 15 is 0 Å². The number of amides is 3. The summed E-state index contributed by atoms with van der Waals surface area (Å²) in [6.07, 6.45) is -1.95. The van der Waals surface area contributed by atoms with Gasteiger partial charge in [0.2, 0.25) is 11.8 Å². The summed E-state index contributed by atoms with van der Waals surface area (Å²) in [5.41, 5.74) is 3.62. The van der Waals surface area contributed by atoms with E-state index in [2.05, 4.69) is 17.2 Å². The second-order valence-corrected chi connectivity index (χ2v) is 10.5. The largest absolute Gasteiger partial charge is 0.471 e. The van der Waals surface area contributed by atoms with Gasteiger partial charge in [0.15, 0.2) is 0 Å². The van der Waals surface area contributed by atoms with Crippen molar-refractivity contribution in [2.24, 2.45) is 0 Å². The number of halogens is 3. The summed E-state index contributed by atoms with van der Waals surface area (Å²) >= 11 is 0. The van der Waals surface area contributed by atoms with Gasteiger partial charge < -0.3 is 34.5 Å². The number of unbranched alkanes of at least 4 members (excludes halogenated alkanes) is 2. The van der Waals surface area contributed by atoms with Gasteiger partial charge in [-0.15, -0.1) is 0 Å². The molecule has 10 nitrogen and oxygen atoms in total. The summed E-state index contributed by atoms with van der Waals surface area (Å²) in [5.74, 6) is 4.40. The number of anilines is 1. The van der Waals surface area contributed by atoms with Crippen LogP contribution in [0.2, 0.25) is 0 Å². The molecule has 2 aromatic carbocycles. The van der Waals surface area contributed by atoms with Crippen molar-refractivity contribution in [1.29, 1.82) is 0 Å². The quantitative estimate of drug-likeness (QED) is 0.155. The highest BCUT2D eigenvalue weighted by Gasteiger charge is 2.38. The molecule has 1 aliphatic rings. The van der Waals surface area contributed by atoms with E-state index in [1.165, 1.54) is 0 Å². The van der Waals surface area contributed by atoms with Crippen molar-refractivity contribution in [1.82, 2.24) is 10.6 Å². The maximum absolute atomic E-state index is 13.3. The molecule has 0 fully saturated rings. The third kappa shape index (κ3) is 14.6. The third-order valence-corrected chi connectivity index (χ3v) is 6.94. The predicted octanol–water partition coefficient (Wildman–Crippen LogP) is 3.74. The van der Waals surface area contributed by atoms with Crippen LogP contribution >= 0.6 is 0 Å². The zero-order chi connectivity index (χ0) is 33.7. The van der Waals surface area contributed by atoms with Crippen LogP contribution in [0.4, 0.5) is 18.9 Å². The summed E-state index contributed by atoms with van der Waals surface area (Å²) in [4.78, 5) is 37.8. The van der Waals surface area contributed by atoms with Gasteiger partial charge in [-0.05, 0) is 36.6 Å². The molecule has 3 rings (SSSR count). The maximum atomic E-state index is 13.3. The fraction of sp³-hybridized carbons (Fsp3) is 0.500. The topological polar surface area (TPSA) is 115 Å². The van der Waals surface area contributed by atoms with E-state index in [1.54, 1.807) is 5.32 Å². The van der Waals surface area contributed by atoms with Crippen molar-refractivity contribution in [3.05, 3.63) is 65.2 Å². The van der Waals surface area contributed by atoms with Crippen LogP contribution in [-0.2, 0) is 39.9 Å². The standard InChI is InChI=1S/C34H42F3N3O7/c35-34(36,37)33(43)39-17-19-45-21-23-47-25-24-46-22-20-44-18-15-31(41)38-16-7-1-2-12-32(42)40-26-29-10-4-3-8-27(29)13-14-28-9-5-6-11-30(28)40/h3-6,8-11H,1-2,7,12,15-26H2,(H,38,41)(H,39,43). The molecule has 0 aliphatic carbocycles. The first-order valence-corrected chi connectivity index (χ1v) is 15.7. The molecule has 0 atom stereocenters. The minimum Gasteiger partial charge on any atom is -0.379 e. The Morgan fingerprint density at radius 2 is 1.28 bits per heavy atom. The van der Waals surface area contributed by atoms with Crippen LogP contribution in [0.25, 0.3) is 0 Å². The predicted molar refractivity (Wildman–Crippen MR) is 168 cm³/mol. The first kappa shape index (κ1) is 37.5. The minimum atomic E-state index is -4.90. The van der Waals surface area contributed by atoms with Crippen LogP contribution in [0.1, 0.15) is 48.8 Å². The Hall–Kier alpha value is -3.96. The Bertz CT molecular complexity index is 1340. The van der Waals surface area contributed by atoms with Gasteiger partial charge in [-0.1, -0.05) is 48.6 Å². The number of alkyl halides is 3. The van der Waals surface area contributed by atoms with Crippen LogP contribution in [-0.4, -0.2) is 89.8 Å². The number of nitrogens with zero attached hydrogens (tertiary/aromatic N) is 1. The Balaban J connectivity index is 1.13. The van der Waals surface area contributed by atoms with Gasteiger partial charge in [0, 0.05) is 37.1 Å². The van der Waals surface area contributed by atoms with Crippen LogP contribution in [0, 0.1) is 11.8 Å². The van der Waals surface area contributed by atoms with Crippen molar-refractivity contribution in [3.8, 4) is 11.8 Å². The number of ether oxygens (including phenoxy) is 4. The van der Waals surface area contributed by atoms with Crippen molar-refractivity contribution in [2.45, 2.75) is 44.8 Å². The number of benzene rings is 2. The molecule has 0 saturated heterocycles. The fourth-order valence-corrected chi connectivity index (χ4v) is 4.50. The van der Waals surface area contributed by atoms with E-state index in [9.17, 15) is 27.6 Å². The van der Waals surface area contributed by atoms with Gasteiger partial charge in [0.25, 0.3) is 0 Å². The van der Waals surface area contributed by atoms with Crippen LogP contribution in [0.15, 0.2) is 48.5 Å². The van der Waals surface area contributed by atoms with E-state index in [0.717, 1.165) is 41.6 Å². The van der Waals surface area contributed by atoms with E-state index in [1.807, 2.05) is 53.4 Å². The molecule has 1 heterocycles. The molecule has 0 bridgehead atoms. The molecule has 0 unspecified atom stereocenters. The van der Waals surface area contributed by atoms with Crippen molar-refractivity contribution < 1.29 is 46.5 Å². The van der Waals surface area contributed by atoms with Gasteiger partial charge in [0.05, 0.1) is 65.1 Å². The van der Waals surface area contributed by atoms with Crippen LogP contribution in [0.3, 0.4) is 0 Å². The fourth-order valence-electron chi connectivity index (χ4n) is 4.50. The molecule has 2 N–H and O–H groups in total. The summed E-state index contributed by atoms with van der Waals surface area (Å²) < 4.78 is 57.2. The lowest BCUT2D eigenvalue weighted by atomic mass is 10.0. The number of hydrogen-bond acceptors (Lipinski definition) is 7. The first-order chi connectivity index (χ1) is 22.8. The second-order valence-electron chi connectivity index (χ2n) is 10.5. The zero-order valence-electron chi connectivity index (χ0n) is 26.4. The van der Waals surface area contributed by atoms with Crippen molar-refractivity contribution in [3.63, 3.8) is 0 Å². The van der Waals surface area contributed by atoms with Crippen LogP contribution < -0.4 is 15.5 Å². The highest BCUT2D eigenvalue weighted by molar-refractivity contribution is 5.95. The van der Waals surface area contributed by atoms with Crippen molar-refractivity contribution >= 4 is 23.4 Å². The van der Waals surface area contributed by atoms with Gasteiger partial charge in [-0.2, -0.15) is 13.2 Å². The van der Waals surface area contributed by atoms with Crippen molar-refractivity contribution in [2.75, 3.05) is 70.8 Å². The minimum absolute atomic E-state index is 0.0516. The molecule has 0 saturated carbocycles. The van der Waals surface area contributed by atoms with Gasteiger partial charge in [0.1, 0.15) is 0 Å². The molecule has 0 aromatic heterocycles. The molecular weight excluding hydrogens is 619 g/mol. The SMILES string of the molecule is O=C(CCOCCOCCOCCOCCNC(=O)C(F)(F)F)NCCCCCC(=O)N1Cc2ccccc2C#Cc2ccccc21. The number of para-hydroxylation sites is 1. The molecule has 13 heteroatoms. The van der Waals surface area contributed by atoms with Gasteiger partial charge in [-0.25, -0.2) is 0 Å². The molecule has 0 radical (unpaired) electrons. The lowest BCUT2D eigenvalue weighted by molar-refractivity contribution is -0.173. The number of nitrogens with one attached hydrogen (secondary N) is 2. The highest BCUT2D eigenvalue weighted by Crippen LogP contribution is 2.26. The number of carbonyl (C=O) groups is 3. The Kier molecular flexibility index (Phi) is 16.8. The van der Waals surface area contributed by atoms with Gasteiger partial charge >= 0.3 is 12.1 Å². The monoisotopic (exact) mass is 661 g/mol. The number of fused-ring (bicyclic) bond motifs is 2. The maximum Gasteiger partial charge on any atom is 0.471 e. The average Bonchev–Trinajstić information content (AvgIpc) is 3.04. The molecule has 0 spiro atoms. The third-order valence-electron chi connectivity index (χ3n) is 6.94. The molecule has 256 valence electrons. The lowest BCUT2D eigenvalue weighted by Gasteiger charge is -2.26. The first-order valence-electron chi connectivity index (χ1n) is 15.7. The average molecular weight is 662 g/mol. The summed E-state index contributed by atoms with van der Waals surface area (Å²) in [5, 5.41) is 4.59. The van der Waals surface area contributed by atoms with Gasteiger partial charge in [-0.3, -0.25) is 14.4 Å². The smallest absolute Gasteiger partial charge is 0.379 e. The summed E-state index contributed by atoms with van der Waals surface area (Å²) in [6, 6.07) is 15.6. The summed E-state index contributed by atoms with van der Waals surface area (Å²) in [6.45, 7) is 2.69. The molecule has 47 heavy (non-hydrogen) atoms. The second kappa shape index (κ2) is 21.0. The summed E-state index contributed by atoms with van der Waals surface area (Å²) in [7, 11) is 0. The number of carbonyl (C=O) groups excluding carboxylic acids is 3. The van der Waals surface area contributed by atoms with E-state index in [4.69, 9.17) is 18.9 Å². The Morgan fingerprint density at radius 3 is 1.98 bits per heavy atom. The normalized spacial score (nSPS) is 12.2. The van der Waals surface area contributed by atoms with E-state index < -0.39 is 12.1 Å². The van der Waals surface area contributed by atoms with E-state index in [-0.39, 0.29) is 51.2 Å².